The number of carbonyl (C=O) groups excluding carboxylic acids is 2. The fraction of sp³-hybridized carbons (Fsp3) is 0.385. The van der Waals surface area contributed by atoms with Gasteiger partial charge in [0.2, 0.25) is 5.91 Å². The van der Waals surface area contributed by atoms with Crippen LogP contribution in [0.5, 0.6) is 0 Å². The number of amides is 2. The Balaban J connectivity index is 1.97. The van der Waals surface area contributed by atoms with Crippen LogP contribution in [0.25, 0.3) is 0 Å². The van der Waals surface area contributed by atoms with Crippen molar-refractivity contribution in [1.29, 1.82) is 0 Å². The van der Waals surface area contributed by atoms with E-state index in [9.17, 15) is 9.59 Å². The average molecular weight is 283 g/mol. The van der Waals surface area contributed by atoms with Crippen LogP contribution in [0.15, 0.2) is 18.2 Å². The molecule has 1 fully saturated rings. The fourth-order valence-corrected chi connectivity index (χ4v) is 2.21. The maximum absolute atomic E-state index is 11.9. The molecule has 1 saturated heterocycles. The van der Waals surface area contributed by atoms with E-state index in [1.165, 1.54) is 0 Å². The van der Waals surface area contributed by atoms with Crippen molar-refractivity contribution >= 4 is 29.1 Å². The highest BCUT2D eigenvalue weighted by Gasteiger charge is 2.27. The van der Waals surface area contributed by atoms with Crippen LogP contribution in [0, 0.1) is 6.92 Å². The fourth-order valence-electron chi connectivity index (χ4n) is 2.04. The Hall–Kier alpha value is -1.59. The predicted octanol–water partition coefficient (Wildman–Crippen LogP) is 0.0388. The molecule has 0 aromatic heterocycles. The van der Waals surface area contributed by atoms with Gasteiger partial charge >= 0.3 is 0 Å². The van der Waals surface area contributed by atoms with E-state index in [0.29, 0.717) is 17.3 Å². The summed E-state index contributed by atoms with van der Waals surface area (Å²) in [6, 6.07) is 5.01. The van der Waals surface area contributed by atoms with Crippen LogP contribution in [0.1, 0.15) is 12.0 Å². The monoisotopic (exact) mass is 282 g/mol. The van der Waals surface area contributed by atoms with Crippen LogP contribution in [0.3, 0.4) is 0 Å². The van der Waals surface area contributed by atoms with Gasteiger partial charge in [-0.3, -0.25) is 9.59 Å². The number of rotatable bonds is 3. The third-order valence-corrected chi connectivity index (χ3v) is 3.59. The molecule has 6 heteroatoms. The van der Waals surface area contributed by atoms with Crippen molar-refractivity contribution in [2.45, 2.75) is 19.4 Å². The van der Waals surface area contributed by atoms with E-state index in [0.717, 1.165) is 12.1 Å². The first-order valence-corrected chi connectivity index (χ1v) is 6.61. The molecular weight excluding hydrogens is 266 g/mol. The summed E-state index contributed by atoms with van der Waals surface area (Å²) in [6.45, 7) is 3.31. The summed E-state index contributed by atoms with van der Waals surface area (Å²) in [5.74, 6) is -0.257. The van der Waals surface area contributed by atoms with Crippen molar-refractivity contribution in [3.05, 3.63) is 28.8 Å². The molecule has 2 rings (SSSR count). The first-order valence-electron chi connectivity index (χ1n) is 6.24. The Morgan fingerprint density at radius 2 is 2.37 bits per heavy atom. The predicted molar refractivity (Wildman–Crippen MR) is 73.0 cm³/mol. The second kappa shape index (κ2) is 6.04. The van der Waals surface area contributed by atoms with Crippen LogP contribution in [0.4, 0.5) is 5.69 Å². The lowest BCUT2D eigenvalue weighted by Gasteiger charge is -2.20. The van der Waals surface area contributed by atoms with Gasteiger partial charge in [-0.15, -0.1) is 0 Å². The molecule has 0 saturated carbocycles. The van der Waals surface area contributed by atoms with Crippen LogP contribution in [0.2, 0.25) is 5.02 Å². The molecule has 1 aromatic carbocycles. The Morgan fingerprint density at radius 3 is 3.11 bits per heavy atom. The summed E-state index contributed by atoms with van der Waals surface area (Å²) in [7, 11) is 0. The molecule has 5 nitrogen and oxygen atoms in total. The number of hydrogen-bond donors (Lipinski definition) is 3. The van der Waals surface area contributed by atoms with Crippen molar-refractivity contribution in [3.63, 3.8) is 0 Å². The molecule has 19 heavy (non-hydrogen) atoms. The zero-order valence-corrected chi connectivity index (χ0v) is 11.5. The minimum Gasteiger partial charge on any atom is -0.345 e. The number of hydrogen-bond acceptors (Lipinski definition) is 2. The van der Waals surface area contributed by atoms with Gasteiger partial charge in [-0.1, -0.05) is 17.7 Å². The summed E-state index contributed by atoms with van der Waals surface area (Å²) in [4.78, 5) is 23.5. The van der Waals surface area contributed by atoms with Crippen molar-refractivity contribution in [2.75, 3.05) is 18.4 Å². The number of halogens is 1. The molecule has 102 valence electrons. The molecule has 0 bridgehead atoms. The van der Waals surface area contributed by atoms with E-state index in [4.69, 9.17) is 11.6 Å². The Kier molecular flexibility index (Phi) is 4.39. The van der Waals surface area contributed by atoms with Gasteiger partial charge in [-0.2, -0.15) is 0 Å². The Labute approximate surface area is 116 Å². The lowest BCUT2D eigenvalue weighted by molar-refractivity contribution is -0.678. The van der Waals surface area contributed by atoms with Crippen molar-refractivity contribution in [3.8, 4) is 0 Å². The minimum absolute atomic E-state index is 0.0794. The highest BCUT2D eigenvalue weighted by molar-refractivity contribution is 6.31. The van der Waals surface area contributed by atoms with E-state index >= 15 is 0 Å². The topological polar surface area (TPSA) is 74.8 Å². The summed E-state index contributed by atoms with van der Waals surface area (Å²) in [6.07, 6.45) is 0.164. The highest BCUT2D eigenvalue weighted by atomic mass is 35.5. The summed E-state index contributed by atoms with van der Waals surface area (Å²) >= 11 is 5.99. The lowest BCUT2D eigenvalue weighted by atomic mass is 10.1. The zero-order valence-electron chi connectivity index (χ0n) is 10.7. The molecule has 1 unspecified atom stereocenters. The number of carbonyl (C=O) groups is 2. The SMILES string of the molecule is Cc1c(Cl)cccc1NC(=O)CC1[NH2+]CCNC1=O. The molecule has 0 spiro atoms. The molecule has 4 N–H and O–H groups in total. The molecule has 0 aliphatic carbocycles. The molecule has 1 aliphatic rings. The smallest absolute Gasteiger partial charge is 0.278 e. The maximum atomic E-state index is 11.9. The molecule has 1 aliphatic heterocycles. The van der Waals surface area contributed by atoms with Crippen molar-refractivity contribution in [1.82, 2.24) is 5.32 Å². The molecule has 0 radical (unpaired) electrons. The minimum atomic E-state index is -0.340. The van der Waals surface area contributed by atoms with Crippen LogP contribution >= 0.6 is 11.6 Å². The maximum Gasteiger partial charge on any atom is 0.278 e. The van der Waals surface area contributed by atoms with E-state index in [-0.39, 0.29) is 24.3 Å². The van der Waals surface area contributed by atoms with Gasteiger partial charge in [0.05, 0.1) is 19.5 Å². The second-order valence-electron chi connectivity index (χ2n) is 4.59. The molecule has 2 amide bonds. The number of nitrogens with one attached hydrogen (secondary N) is 2. The summed E-state index contributed by atoms with van der Waals surface area (Å²) in [5.41, 5.74) is 1.52. The van der Waals surface area contributed by atoms with Gasteiger partial charge in [0.25, 0.3) is 5.91 Å². The molecular formula is C13H17ClN3O2+. The van der Waals surface area contributed by atoms with E-state index in [1.54, 1.807) is 18.2 Å². The zero-order chi connectivity index (χ0) is 13.8. The first-order chi connectivity index (χ1) is 9.08. The first kappa shape index (κ1) is 13.8. The van der Waals surface area contributed by atoms with Crippen LogP contribution < -0.4 is 16.0 Å². The number of piperazine rings is 1. The van der Waals surface area contributed by atoms with Crippen molar-refractivity contribution in [2.24, 2.45) is 0 Å². The van der Waals surface area contributed by atoms with Gasteiger partial charge in [-0.25, -0.2) is 0 Å². The number of anilines is 1. The van der Waals surface area contributed by atoms with E-state index < -0.39 is 0 Å². The van der Waals surface area contributed by atoms with Gasteiger partial charge in [0.15, 0.2) is 6.04 Å². The summed E-state index contributed by atoms with van der Waals surface area (Å²) in [5, 5.41) is 8.05. The number of quaternary nitrogens is 1. The van der Waals surface area contributed by atoms with E-state index in [1.807, 2.05) is 12.2 Å². The Bertz CT molecular complexity index is 505. The Morgan fingerprint density at radius 1 is 1.58 bits per heavy atom. The van der Waals surface area contributed by atoms with E-state index in [2.05, 4.69) is 10.6 Å². The number of nitrogens with two attached hydrogens (primary N) is 1. The highest BCUT2D eigenvalue weighted by Crippen LogP contribution is 2.22. The summed E-state index contributed by atoms with van der Waals surface area (Å²) < 4.78 is 0. The largest absolute Gasteiger partial charge is 0.345 e. The quantitative estimate of drug-likeness (QED) is 0.732. The average Bonchev–Trinajstić information content (AvgIpc) is 2.38. The second-order valence-corrected chi connectivity index (χ2v) is 4.99. The third kappa shape index (κ3) is 3.45. The van der Waals surface area contributed by atoms with Gasteiger partial charge < -0.3 is 16.0 Å². The lowest BCUT2D eigenvalue weighted by Crippen LogP contribution is -2.96. The molecule has 1 atom stereocenters. The van der Waals surface area contributed by atoms with Crippen LogP contribution in [-0.2, 0) is 9.59 Å². The molecule has 1 aromatic rings. The third-order valence-electron chi connectivity index (χ3n) is 3.18. The number of benzene rings is 1. The van der Waals surface area contributed by atoms with Gasteiger partial charge in [-0.05, 0) is 24.6 Å². The van der Waals surface area contributed by atoms with Gasteiger partial charge in [0.1, 0.15) is 0 Å². The van der Waals surface area contributed by atoms with Crippen molar-refractivity contribution < 1.29 is 14.9 Å². The molecule has 1 heterocycles. The normalized spacial score (nSPS) is 18.8. The van der Waals surface area contributed by atoms with Crippen LogP contribution in [-0.4, -0.2) is 30.9 Å². The van der Waals surface area contributed by atoms with Gasteiger partial charge in [0, 0.05) is 10.7 Å². The standard InChI is InChI=1S/C13H16ClN3O2/c1-8-9(14)3-2-4-10(8)17-12(18)7-11-13(19)16-6-5-15-11/h2-4,11,15H,5-7H2,1H3,(H,16,19)(H,17,18)/p+1.